The minimum Gasteiger partial charge on any atom is -0.354 e. The summed E-state index contributed by atoms with van der Waals surface area (Å²) in [6, 6.07) is 2.20. The molecule has 0 aromatic heterocycles. The van der Waals surface area contributed by atoms with Crippen LogP contribution in [0, 0.1) is 17.6 Å². The van der Waals surface area contributed by atoms with E-state index >= 15 is 0 Å². The first-order valence-electron chi connectivity index (χ1n) is 7.26. The lowest BCUT2D eigenvalue weighted by molar-refractivity contribution is -0.121. The van der Waals surface area contributed by atoms with Gasteiger partial charge < -0.3 is 11.1 Å². The molecule has 1 aliphatic rings. The van der Waals surface area contributed by atoms with Crippen molar-refractivity contribution < 1.29 is 22.0 Å². The normalized spacial score (nSPS) is 15.5. The molecule has 0 radical (unpaired) electrons. The van der Waals surface area contributed by atoms with Crippen LogP contribution in [-0.2, 0) is 14.8 Å². The lowest BCUT2D eigenvalue weighted by Crippen LogP contribution is -2.39. The summed E-state index contributed by atoms with van der Waals surface area (Å²) in [6.07, 6.45) is 2.08. The van der Waals surface area contributed by atoms with Gasteiger partial charge in [0.15, 0.2) is 11.6 Å². The number of hydrogen-bond donors (Lipinski definition) is 3. The standard InChI is InChI=1S/C14H19F2N3O3S.ClH/c15-11-4-3-10(7-12(11)16)23(21,22)19-6-5-14(20)18-8-13(17)9-1-2-9;/h3-4,7,9,13,19H,1-2,5-6,8,17H2,(H,18,20);1H. The van der Waals surface area contributed by atoms with Gasteiger partial charge in [0.05, 0.1) is 4.90 Å². The Kier molecular flexibility index (Phi) is 7.53. The molecular formula is C14H20ClF2N3O3S. The molecule has 1 saturated carbocycles. The second-order valence-electron chi connectivity index (χ2n) is 5.53. The highest BCUT2D eigenvalue weighted by Crippen LogP contribution is 2.31. The van der Waals surface area contributed by atoms with Crippen LogP contribution in [0.3, 0.4) is 0 Å². The Labute approximate surface area is 145 Å². The molecule has 0 saturated heterocycles. The fourth-order valence-corrected chi connectivity index (χ4v) is 3.08. The van der Waals surface area contributed by atoms with E-state index in [1.54, 1.807) is 0 Å². The van der Waals surface area contributed by atoms with E-state index in [0.717, 1.165) is 25.0 Å². The SMILES string of the molecule is Cl.NC(CNC(=O)CCNS(=O)(=O)c1ccc(F)c(F)c1)C1CC1. The molecule has 0 heterocycles. The number of amides is 1. The van der Waals surface area contributed by atoms with Crippen molar-refractivity contribution in [1.29, 1.82) is 0 Å². The van der Waals surface area contributed by atoms with Gasteiger partial charge in [-0.2, -0.15) is 0 Å². The number of halogens is 3. The molecule has 1 fully saturated rings. The van der Waals surface area contributed by atoms with E-state index in [2.05, 4.69) is 10.0 Å². The maximum absolute atomic E-state index is 13.1. The molecule has 6 nitrogen and oxygen atoms in total. The first-order chi connectivity index (χ1) is 10.8. The topological polar surface area (TPSA) is 101 Å². The highest BCUT2D eigenvalue weighted by molar-refractivity contribution is 7.89. The number of hydrogen-bond acceptors (Lipinski definition) is 4. The maximum Gasteiger partial charge on any atom is 0.240 e. The summed E-state index contributed by atoms with van der Waals surface area (Å²) in [5.41, 5.74) is 5.84. The van der Waals surface area contributed by atoms with Gasteiger partial charge in [0, 0.05) is 25.6 Å². The highest BCUT2D eigenvalue weighted by Gasteiger charge is 2.28. The lowest BCUT2D eigenvalue weighted by Gasteiger charge is -2.12. The molecule has 0 aliphatic heterocycles. The van der Waals surface area contributed by atoms with Crippen molar-refractivity contribution >= 4 is 28.3 Å². The Bertz CT molecular complexity index is 684. The molecule has 1 aliphatic carbocycles. The molecule has 0 bridgehead atoms. The van der Waals surface area contributed by atoms with Crippen molar-refractivity contribution in [2.75, 3.05) is 13.1 Å². The van der Waals surface area contributed by atoms with Gasteiger partial charge in [-0.15, -0.1) is 12.4 Å². The molecule has 1 aromatic rings. The van der Waals surface area contributed by atoms with E-state index in [9.17, 15) is 22.0 Å². The van der Waals surface area contributed by atoms with E-state index in [4.69, 9.17) is 5.73 Å². The van der Waals surface area contributed by atoms with Gasteiger partial charge in [0.1, 0.15) is 0 Å². The summed E-state index contributed by atoms with van der Waals surface area (Å²) in [7, 11) is -3.99. The molecular weight excluding hydrogens is 364 g/mol. The summed E-state index contributed by atoms with van der Waals surface area (Å²) in [6.45, 7) is 0.214. The number of carbonyl (C=O) groups is 1. The Hall–Kier alpha value is -1.29. The zero-order valence-corrected chi connectivity index (χ0v) is 14.4. The summed E-state index contributed by atoms with van der Waals surface area (Å²) in [5.74, 6) is -2.24. The fraction of sp³-hybridized carbons (Fsp3) is 0.500. The van der Waals surface area contributed by atoms with Crippen LogP contribution in [0.4, 0.5) is 8.78 Å². The van der Waals surface area contributed by atoms with Crippen molar-refractivity contribution in [2.45, 2.75) is 30.2 Å². The molecule has 1 atom stereocenters. The summed E-state index contributed by atoms with van der Waals surface area (Å²) < 4.78 is 51.8. The largest absolute Gasteiger partial charge is 0.354 e. The zero-order chi connectivity index (χ0) is 17.0. The molecule has 1 amide bonds. The van der Waals surface area contributed by atoms with E-state index in [1.165, 1.54) is 0 Å². The van der Waals surface area contributed by atoms with Crippen LogP contribution < -0.4 is 15.8 Å². The average Bonchev–Trinajstić information content (AvgIpc) is 3.32. The average molecular weight is 384 g/mol. The number of benzene rings is 1. The smallest absolute Gasteiger partial charge is 0.240 e. The number of carbonyl (C=O) groups excluding carboxylic acids is 1. The van der Waals surface area contributed by atoms with Gasteiger partial charge in [0.2, 0.25) is 15.9 Å². The van der Waals surface area contributed by atoms with E-state index in [-0.39, 0.29) is 37.3 Å². The van der Waals surface area contributed by atoms with Crippen molar-refractivity contribution in [3.05, 3.63) is 29.8 Å². The van der Waals surface area contributed by atoms with E-state index in [0.29, 0.717) is 18.5 Å². The van der Waals surface area contributed by atoms with E-state index < -0.39 is 26.6 Å². The quantitative estimate of drug-likeness (QED) is 0.621. The van der Waals surface area contributed by atoms with Crippen molar-refractivity contribution in [1.82, 2.24) is 10.0 Å². The van der Waals surface area contributed by atoms with Gasteiger partial charge in [-0.1, -0.05) is 0 Å². The molecule has 10 heteroatoms. The molecule has 0 spiro atoms. The van der Waals surface area contributed by atoms with Crippen LogP contribution in [0.1, 0.15) is 19.3 Å². The van der Waals surface area contributed by atoms with Gasteiger partial charge in [0.25, 0.3) is 0 Å². The number of sulfonamides is 1. The zero-order valence-electron chi connectivity index (χ0n) is 12.8. The van der Waals surface area contributed by atoms with Crippen LogP contribution in [0.2, 0.25) is 0 Å². The van der Waals surface area contributed by atoms with Crippen LogP contribution in [0.25, 0.3) is 0 Å². The van der Waals surface area contributed by atoms with Crippen LogP contribution in [-0.4, -0.2) is 33.5 Å². The monoisotopic (exact) mass is 383 g/mol. The minimum absolute atomic E-state index is 0. The molecule has 24 heavy (non-hydrogen) atoms. The third-order valence-electron chi connectivity index (χ3n) is 3.61. The highest BCUT2D eigenvalue weighted by atomic mass is 35.5. The Balaban J connectivity index is 0.00000288. The Morgan fingerprint density at radius 2 is 1.96 bits per heavy atom. The molecule has 1 unspecified atom stereocenters. The second-order valence-corrected chi connectivity index (χ2v) is 7.30. The summed E-state index contributed by atoms with van der Waals surface area (Å²) in [5, 5.41) is 2.64. The Morgan fingerprint density at radius 3 is 2.54 bits per heavy atom. The fourth-order valence-electron chi connectivity index (χ4n) is 2.04. The second kappa shape index (κ2) is 8.70. The number of nitrogens with two attached hydrogens (primary N) is 1. The summed E-state index contributed by atoms with van der Waals surface area (Å²) in [4.78, 5) is 11.2. The van der Waals surface area contributed by atoms with Gasteiger partial charge in [-0.3, -0.25) is 4.79 Å². The van der Waals surface area contributed by atoms with E-state index in [1.807, 2.05) is 0 Å². The molecule has 2 rings (SSSR count). The first-order valence-corrected chi connectivity index (χ1v) is 8.75. The predicted molar refractivity (Wildman–Crippen MR) is 87.1 cm³/mol. The van der Waals surface area contributed by atoms with Gasteiger partial charge in [-0.25, -0.2) is 21.9 Å². The first kappa shape index (κ1) is 20.8. The molecule has 4 N–H and O–H groups in total. The van der Waals surface area contributed by atoms with Crippen LogP contribution in [0.15, 0.2) is 23.1 Å². The summed E-state index contributed by atoms with van der Waals surface area (Å²) >= 11 is 0. The van der Waals surface area contributed by atoms with Crippen LogP contribution in [0.5, 0.6) is 0 Å². The number of rotatable bonds is 8. The van der Waals surface area contributed by atoms with Crippen LogP contribution >= 0.6 is 12.4 Å². The minimum atomic E-state index is -3.99. The lowest BCUT2D eigenvalue weighted by atomic mass is 10.2. The molecule has 1 aromatic carbocycles. The third-order valence-corrected chi connectivity index (χ3v) is 5.07. The number of nitrogens with one attached hydrogen (secondary N) is 2. The predicted octanol–water partition coefficient (Wildman–Crippen LogP) is 0.908. The third kappa shape index (κ3) is 5.97. The molecule has 136 valence electrons. The van der Waals surface area contributed by atoms with Gasteiger partial charge in [-0.05, 0) is 37.0 Å². The maximum atomic E-state index is 13.1. The van der Waals surface area contributed by atoms with Crippen molar-refractivity contribution in [3.63, 3.8) is 0 Å². The van der Waals surface area contributed by atoms with Crippen molar-refractivity contribution in [2.24, 2.45) is 11.7 Å². The van der Waals surface area contributed by atoms with Gasteiger partial charge >= 0.3 is 0 Å². The Morgan fingerprint density at radius 1 is 1.29 bits per heavy atom. The van der Waals surface area contributed by atoms with Crippen molar-refractivity contribution in [3.8, 4) is 0 Å².